The SMILES string of the molecule is COC(=O)C(=Cc1ccsc1)NC(=O)c1ccccc1. The average molecular weight is 287 g/mol. The van der Waals surface area contributed by atoms with Gasteiger partial charge in [0, 0.05) is 5.56 Å². The van der Waals surface area contributed by atoms with Crippen LogP contribution < -0.4 is 5.32 Å². The van der Waals surface area contributed by atoms with Crippen LogP contribution in [0.4, 0.5) is 0 Å². The largest absolute Gasteiger partial charge is 0.464 e. The van der Waals surface area contributed by atoms with Gasteiger partial charge >= 0.3 is 5.97 Å². The minimum Gasteiger partial charge on any atom is -0.464 e. The quantitative estimate of drug-likeness (QED) is 0.695. The highest BCUT2D eigenvalue weighted by Gasteiger charge is 2.14. The van der Waals surface area contributed by atoms with E-state index in [0.717, 1.165) is 5.56 Å². The Hall–Kier alpha value is -2.40. The number of benzene rings is 1. The number of hydrogen-bond acceptors (Lipinski definition) is 4. The second-order valence-corrected chi connectivity index (χ2v) is 4.71. The van der Waals surface area contributed by atoms with Crippen molar-refractivity contribution in [3.8, 4) is 0 Å². The fourth-order valence-electron chi connectivity index (χ4n) is 1.56. The lowest BCUT2D eigenvalue weighted by molar-refractivity contribution is -0.136. The molecular formula is C15H13NO3S. The summed E-state index contributed by atoms with van der Waals surface area (Å²) in [6.07, 6.45) is 1.59. The lowest BCUT2D eigenvalue weighted by Crippen LogP contribution is -2.27. The van der Waals surface area contributed by atoms with E-state index in [2.05, 4.69) is 10.1 Å². The third kappa shape index (κ3) is 3.55. The number of hydrogen-bond donors (Lipinski definition) is 1. The summed E-state index contributed by atoms with van der Waals surface area (Å²) in [6.45, 7) is 0. The number of nitrogens with one attached hydrogen (secondary N) is 1. The molecule has 0 aliphatic carbocycles. The Morgan fingerprint density at radius 1 is 1.20 bits per heavy atom. The molecule has 1 amide bonds. The monoisotopic (exact) mass is 287 g/mol. The van der Waals surface area contributed by atoms with Gasteiger partial charge in [0.15, 0.2) is 0 Å². The summed E-state index contributed by atoms with van der Waals surface area (Å²) in [5, 5.41) is 6.34. The second kappa shape index (κ2) is 6.68. The second-order valence-electron chi connectivity index (χ2n) is 3.93. The van der Waals surface area contributed by atoms with Gasteiger partial charge in [0.2, 0.25) is 0 Å². The predicted molar refractivity (Wildman–Crippen MR) is 78.2 cm³/mol. The molecule has 0 saturated carbocycles. The summed E-state index contributed by atoms with van der Waals surface area (Å²) in [5.74, 6) is -0.932. The van der Waals surface area contributed by atoms with Crippen LogP contribution in [0, 0.1) is 0 Å². The summed E-state index contributed by atoms with van der Waals surface area (Å²) < 4.78 is 4.68. The molecule has 1 heterocycles. The van der Waals surface area contributed by atoms with E-state index >= 15 is 0 Å². The zero-order valence-corrected chi connectivity index (χ0v) is 11.6. The van der Waals surface area contributed by atoms with Gasteiger partial charge in [0.25, 0.3) is 5.91 Å². The van der Waals surface area contributed by atoms with Crippen molar-refractivity contribution in [1.29, 1.82) is 0 Å². The van der Waals surface area contributed by atoms with Crippen molar-refractivity contribution in [1.82, 2.24) is 5.32 Å². The van der Waals surface area contributed by atoms with Gasteiger partial charge in [-0.2, -0.15) is 11.3 Å². The molecule has 1 aromatic carbocycles. The number of rotatable bonds is 4. The maximum atomic E-state index is 12.0. The van der Waals surface area contributed by atoms with Crippen molar-refractivity contribution in [2.45, 2.75) is 0 Å². The van der Waals surface area contributed by atoms with E-state index in [-0.39, 0.29) is 11.6 Å². The Morgan fingerprint density at radius 2 is 1.95 bits per heavy atom. The van der Waals surface area contributed by atoms with Crippen LogP contribution in [0.3, 0.4) is 0 Å². The lowest BCUT2D eigenvalue weighted by atomic mass is 10.2. The molecule has 4 nitrogen and oxygen atoms in total. The van der Waals surface area contributed by atoms with Gasteiger partial charge in [0.05, 0.1) is 7.11 Å². The molecule has 0 atom stereocenters. The maximum Gasteiger partial charge on any atom is 0.354 e. The van der Waals surface area contributed by atoms with Crippen LogP contribution in [-0.4, -0.2) is 19.0 Å². The molecule has 5 heteroatoms. The van der Waals surface area contributed by atoms with E-state index < -0.39 is 5.97 Å². The molecule has 0 spiro atoms. The van der Waals surface area contributed by atoms with Crippen molar-refractivity contribution in [3.63, 3.8) is 0 Å². The van der Waals surface area contributed by atoms with E-state index in [9.17, 15) is 9.59 Å². The van der Waals surface area contributed by atoms with Crippen LogP contribution in [0.15, 0.2) is 52.9 Å². The molecule has 20 heavy (non-hydrogen) atoms. The summed E-state index contributed by atoms with van der Waals surface area (Å²) in [7, 11) is 1.28. The first-order valence-electron chi connectivity index (χ1n) is 5.89. The average Bonchev–Trinajstić information content (AvgIpc) is 2.99. The Bertz CT molecular complexity index is 618. The van der Waals surface area contributed by atoms with Crippen LogP contribution in [0.25, 0.3) is 6.08 Å². The van der Waals surface area contributed by atoms with E-state index in [0.29, 0.717) is 5.56 Å². The zero-order chi connectivity index (χ0) is 14.4. The van der Waals surface area contributed by atoms with Gasteiger partial charge in [0.1, 0.15) is 5.70 Å². The number of ether oxygens (including phenoxy) is 1. The number of carbonyl (C=O) groups is 2. The summed E-state index contributed by atoms with van der Waals surface area (Å²) in [6, 6.07) is 10.5. The molecule has 0 saturated heterocycles. The minimum absolute atomic E-state index is 0.111. The first-order valence-corrected chi connectivity index (χ1v) is 6.83. The highest BCUT2D eigenvalue weighted by molar-refractivity contribution is 7.08. The molecule has 0 bridgehead atoms. The standard InChI is InChI=1S/C15H13NO3S/c1-19-15(18)13(9-11-7-8-20-10-11)16-14(17)12-5-3-2-4-6-12/h2-10H,1H3,(H,16,17). The van der Waals surface area contributed by atoms with Crippen LogP contribution >= 0.6 is 11.3 Å². The third-order valence-corrected chi connectivity index (χ3v) is 3.25. The number of esters is 1. The van der Waals surface area contributed by atoms with E-state index in [1.54, 1.807) is 30.3 Å². The van der Waals surface area contributed by atoms with E-state index in [1.165, 1.54) is 18.4 Å². The fourth-order valence-corrected chi connectivity index (χ4v) is 2.18. The lowest BCUT2D eigenvalue weighted by Gasteiger charge is -2.07. The van der Waals surface area contributed by atoms with Crippen molar-refractivity contribution in [3.05, 3.63) is 64.0 Å². The molecule has 102 valence electrons. The Kier molecular flexibility index (Phi) is 4.68. The first-order chi connectivity index (χ1) is 9.70. The summed E-state index contributed by atoms with van der Waals surface area (Å²) in [4.78, 5) is 23.8. The van der Waals surface area contributed by atoms with E-state index in [4.69, 9.17) is 0 Å². The number of methoxy groups -OCH3 is 1. The number of thiophene rings is 1. The minimum atomic E-state index is -0.583. The van der Waals surface area contributed by atoms with Gasteiger partial charge in [-0.15, -0.1) is 0 Å². The Labute approximate surface area is 120 Å². The zero-order valence-electron chi connectivity index (χ0n) is 10.8. The highest BCUT2D eigenvalue weighted by atomic mass is 32.1. The van der Waals surface area contributed by atoms with Crippen LogP contribution in [0.5, 0.6) is 0 Å². The Morgan fingerprint density at radius 3 is 2.55 bits per heavy atom. The van der Waals surface area contributed by atoms with Gasteiger partial charge in [-0.1, -0.05) is 18.2 Å². The third-order valence-electron chi connectivity index (χ3n) is 2.54. The maximum absolute atomic E-state index is 12.0. The smallest absolute Gasteiger partial charge is 0.354 e. The molecule has 0 radical (unpaired) electrons. The van der Waals surface area contributed by atoms with Crippen molar-refractivity contribution < 1.29 is 14.3 Å². The summed E-state index contributed by atoms with van der Waals surface area (Å²) >= 11 is 1.51. The van der Waals surface area contributed by atoms with Crippen molar-refractivity contribution >= 4 is 29.3 Å². The van der Waals surface area contributed by atoms with Crippen LogP contribution in [0.2, 0.25) is 0 Å². The van der Waals surface area contributed by atoms with Gasteiger partial charge in [-0.25, -0.2) is 4.79 Å². The molecule has 0 aliphatic rings. The molecule has 0 unspecified atom stereocenters. The van der Waals surface area contributed by atoms with Gasteiger partial charge < -0.3 is 10.1 Å². The molecule has 1 aromatic heterocycles. The molecule has 1 N–H and O–H groups in total. The Balaban J connectivity index is 2.21. The predicted octanol–water partition coefficient (Wildman–Crippen LogP) is 2.69. The fraction of sp³-hybridized carbons (Fsp3) is 0.0667. The molecule has 0 fully saturated rings. The van der Waals surface area contributed by atoms with Crippen LogP contribution in [0.1, 0.15) is 15.9 Å². The molecule has 2 aromatic rings. The van der Waals surface area contributed by atoms with E-state index in [1.807, 2.05) is 22.9 Å². The number of carbonyl (C=O) groups excluding carboxylic acids is 2. The van der Waals surface area contributed by atoms with Gasteiger partial charge in [-0.05, 0) is 40.6 Å². The van der Waals surface area contributed by atoms with Crippen molar-refractivity contribution in [2.24, 2.45) is 0 Å². The molecule has 2 rings (SSSR count). The first kappa shape index (κ1) is 14.0. The topological polar surface area (TPSA) is 55.4 Å². The highest BCUT2D eigenvalue weighted by Crippen LogP contribution is 2.11. The molecule has 0 aliphatic heterocycles. The summed E-state index contributed by atoms with van der Waals surface area (Å²) in [5.41, 5.74) is 1.43. The van der Waals surface area contributed by atoms with Crippen molar-refractivity contribution in [2.75, 3.05) is 7.11 Å². The normalized spacial score (nSPS) is 10.9. The van der Waals surface area contributed by atoms with Crippen LogP contribution in [-0.2, 0) is 9.53 Å². The number of amides is 1. The molecular weight excluding hydrogens is 274 g/mol. The van der Waals surface area contributed by atoms with Gasteiger partial charge in [-0.3, -0.25) is 4.79 Å².